The van der Waals surface area contributed by atoms with Gasteiger partial charge in [0.25, 0.3) is 0 Å². The number of carboxylic acid groups (broad SMARTS) is 1. The topological polar surface area (TPSA) is 97.1 Å². The van der Waals surface area contributed by atoms with Gasteiger partial charge in [-0.25, -0.2) is 4.79 Å². The monoisotopic (exact) mass is 420 g/mol. The minimum absolute atomic E-state index is 0.335. The number of amides is 1. The van der Waals surface area contributed by atoms with Crippen molar-refractivity contribution in [3.05, 3.63) is 65.7 Å². The van der Waals surface area contributed by atoms with Crippen LogP contribution in [0.4, 0.5) is 10.5 Å². The highest BCUT2D eigenvalue weighted by Crippen LogP contribution is 2.23. The van der Waals surface area contributed by atoms with Crippen molar-refractivity contribution >= 4 is 17.7 Å². The van der Waals surface area contributed by atoms with Gasteiger partial charge in [-0.15, -0.1) is 0 Å². The van der Waals surface area contributed by atoms with Crippen LogP contribution in [0.2, 0.25) is 0 Å². The number of hydrogen-bond acceptors (Lipinski definition) is 6. The van der Waals surface area contributed by atoms with Crippen molar-refractivity contribution in [2.45, 2.75) is 18.7 Å². The van der Waals surface area contributed by atoms with Crippen LogP contribution >= 0.6 is 0 Å². The molecule has 2 aromatic carbocycles. The summed E-state index contributed by atoms with van der Waals surface area (Å²) in [7, 11) is 0. The van der Waals surface area contributed by atoms with Crippen molar-refractivity contribution < 1.29 is 19.4 Å². The number of ether oxygens (including phenoxy) is 1. The van der Waals surface area contributed by atoms with E-state index in [2.05, 4.69) is 11.0 Å². The minimum atomic E-state index is -0.844. The van der Waals surface area contributed by atoms with Crippen LogP contribution in [-0.4, -0.2) is 71.8 Å². The highest BCUT2D eigenvalue weighted by molar-refractivity contribution is 5.89. The molecule has 2 aromatic rings. The number of hydrogen-bond donors (Lipinski definition) is 1. The molecule has 0 bridgehead atoms. The number of aliphatic carboxylic acids is 1. The molecule has 0 aromatic heterocycles. The Balaban J connectivity index is 1.36. The number of carboxylic acids is 1. The van der Waals surface area contributed by atoms with Crippen LogP contribution in [0, 0.1) is 11.3 Å². The summed E-state index contributed by atoms with van der Waals surface area (Å²) in [6, 6.07) is 18.1. The molecule has 2 fully saturated rings. The molecular weight excluding hydrogens is 396 g/mol. The molecule has 31 heavy (non-hydrogen) atoms. The smallest absolute Gasteiger partial charge is 0.414 e. The number of rotatable bonds is 6. The summed E-state index contributed by atoms with van der Waals surface area (Å²) in [5, 5.41) is 18.7. The van der Waals surface area contributed by atoms with Crippen LogP contribution in [0.1, 0.15) is 11.1 Å². The Labute approximate surface area is 180 Å². The number of nitrogens with zero attached hydrogens (tertiary/aromatic N) is 4. The second kappa shape index (κ2) is 9.16. The number of benzene rings is 2. The van der Waals surface area contributed by atoms with E-state index in [4.69, 9.17) is 10.00 Å². The molecule has 0 aliphatic carbocycles. The molecule has 2 aliphatic heterocycles. The Hall–Kier alpha value is -3.41. The number of carbonyl (C=O) groups excluding carboxylic acids is 1. The Morgan fingerprint density at radius 2 is 1.84 bits per heavy atom. The number of carbonyl (C=O) groups is 2. The van der Waals surface area contributed by atoms with Gasteiger partial charge in [-0.1, -0.05) is 30.3 Å². The van der Waals surface area contributed by atoms with E-state index >= 15 is 0 Å². The minimum Gasteiger partial charge on any atom is -0.480 e. The summed E-state index contributed by atoms with van der Waals surface area (Å²) in [6.07, 6.45) is -0.759. The largest absolute Gasteiger partial charge is 0.480 e. The lowest BCUT2D eigenvalue weighted by molar-refractivity contribution is -0.146. The van der Waals surface area contributed by atoms with Crippen LogP contribution in [0.5, 0.6) is 0 Å². The third-order valence-corrected chi connectivity index (χ3v) is 5.73. The lowest BCUT2D eigenvalue weighted by Gasteiger charge is -2.39. The van der Waals surface area contributed by atoms with Gasteiger partial charge in [0.15, 0.2) is 0 Å². The van der Waals surface area contributed by atoms with Gasteiger partial charge in [-0.2, -0.15) is 5.26 Å². The van der Waals surface area contributed by atoms with Crippen molar-refractivity contribution in [1.29, 1.82) is 5.26 Å². The van der Waals surface area contributed by atoms with Gasteiger partial charge in [-0.3, -0.25) is 19.5 Å². The Bertz CT molecular complexity index is 973. The molecule has 0 radical (unpaired) electrons. The van der Waals surface area contributed by atoms with Crippen molar-refractivity contribution in [2.75, 3.05) is 37.6 Å². The van der Waals surface area contributed by atoms with E-state index in [-0.39, 0.29) is 6.10 Å². The second-order valence-electron chi connectivity index (χ2n) is 7.84. The Kier molecular flexibility index (Phi) is 6.16. The quantitative estimate of drug-likeness (QED) is 0.765. The Morgan fingerprint density at radius 3 is 2.52 bits per heavy atom. The molecule has 2 saturated heterocycles. The van der Waals surface area contributed by atoms with E-state index < -0.39 is 18.1 Å². The van der Waals surface area contributed by atoms with Crippen molar-refractivity contribution in [3.63, 3.8) is 0 Å². The second-order valence-corrected chi connectivity index (χ2v) is 7.84. The van der Waals surface area contributed by atoms with Gasteiger partial charge >= 0.3 is 12.1 Å². The van der Waals surface area contributed by atoms with Crippen molar-refractivity contribution in [1.82, 2.24) is 9.80 Å². The third kappa shape index (κ3) is 4.85. The van der Waals surface area contributed by atoms with E-state index in [0.29, 0.717) is 50.5 Å². The molecule has 1 amide bonds. The molecule has 160 valence electrons. The fraction of sp³-hybridized carbons (Fsp3) is 0.348. The first-order valence-corrected chi connectivity index (χ1v) is 10.2. The van der Waals surface area contributed by atoms with Gasteiger partial charge in [0.2, 0.25) is 0 Å². The fourth-order valence-electron chi connectivity index (χ4n) is 4.12. The number of anilines is 1. The van der Waals surface area contributed by atoms with Gasteiger partial charge < -0.3 is 9.84 Å². The number of cyclic esters (lactones) is 1. The van der Waals surface area contributed by atoms with Crippen LogP contribution in [0.15, 0.2) is 54.6 Å². The lowest BCUT2D eigenvalue weighted by atomic mass is 10.1. The van der Waals surface area contributed by atoms with Crippen LogP contribution in [-0.2, 0) is 16.1 Å². The zero-order chi connectivity index (χ0) is 21.8. The predicted molar refractivity (Wildman–Crippen MR) is 113 cm³/mol. The molecule has 8 heteroatoms. The van der Waals surface area contributed by atoms with Gasteiger partial charge in [-0.05, 0) is 29.8 Å². The van der Waals surface area contributed by atoms with Gasteiger partial charge in [0.1, 0.15) is 12.1 Å². The maximum Gasteiger partial charge on any atom is 0.414 e. The first-order valence-electron chi connectivity index (χ1n) is 10.2. The summed E-state index contributed by atoms with van der Waals surface area (Å²) in [5.41, 5.74) is 2.30. The predicted octanol–water partition coefficient (Wildman–Crippen LogP) is 2.15. The van der Waals surface area contributed by atoms with E-state index in [0.717, 1.165) is 5.56 Å². The highest BCUT2D eigenvalue weighted by Gasteiger charge is 2.37. The zero-order valence-electron chi connectivity index (χ0n) is 17.1. The first-order chi connectivity index (χ1) is 15.0. The third-order valence-electron chi connectivity index (χ3n) is 5.73. The molecule has 1 N–H and O–H groups in total. The van der Waals surface area contributed by atoms with E-state index in [1.54, 1.807) is 29.2 Å². The van der Waals surface area contributed by atoms with Crippen LogP contribution in [0.25, 0.3) is 0 Å². The molecule has 2 aliphatic rings. The summed E-state index contributed by atoms with van der Waals surface area (Å²) in [6.45, 7) is 3.20. The number of piperazine rings is 1. The molecule has 0 saturated carbocycles. The summed E-state index contributed by atoms with van der Waals surface area (Å²) in [4.78, 5) is 29.8. The van der Waals surface area contributed by atoms with E-state index in [1.807, 2.05) is 35.2 Å². The normalized spacial score (nSPS) is 22.2. The average Bonchev–Trinajstić information content (AvgIpc) is 3.15. The molecule has 2 atom stereocenters. The standard InChI is InChI=1S/C23H24N4O4/c24-12-17-6-8-19(9-7-17)27-15-20(31-23(27)30)14-25-10-11-26(21(16-25)22(28)29)13-18-4-2-1-3-5-18/h1-9,20-21H,10-11,13-16H2,(H,28,29). The van der Waals surface area contributed by atoms with Gasteiger partial charge in [0.05, 0.1) is 18.2 Å². The van der Waals surface area contributed by atoms with Crippen molar-refractivity contribution in [2.24, 2.45) is 0 Å². The lowest BCUT2D eigenvalue weighted by Crippen LogP contribution is -2.57. The zero-order valence-corrected chi connectivity index (χ0v) is 17.1. The van der Waals surface area contributed by atoms with Crippen LogP contribution < -0.4 is 4.90 Å². The summed E-state index contributed by atoms with van der Waals surface area (Å²) < 4.78 is 5.53. The molecule has 0 spiro atoms. The van der Waals surface area contributed by atoms with Crippen LogP contribution in [0.3, 0.4) is 0 Å². The number of nitriles is 1. The van der Waals surface area contributed by atoms with Crippen molar-refractivity contribution in [3.8, 4) is 6.07 Å². The molecule has 8 nitrogen and oxygen atoms in total. The van der Waals surface area contributed by atoms with Gasteiger partial charge in [0, 0.05) is 38.4 Å². The summed E-state index contributed by atoms with van der Waals surface area (Å²) >= 11 is 0. The highest BCUT2D eigenvalue weighted by atomic mass is 16.6. The summed E-state index contributed by atoms with van der Waals surface area (Å²) in [5.74, 6) is -0.844. The van der Waals surface area contributed by atoms with E-state index in [9.17, 15) is 14.7 Å². The maximum absolute atomic E-state index is 12.3. The maximum atomic E-state index is 12.3. The Morgan fingerprint density at radius 1 is 1.10 bits per heavy atom. The molecule has 2 unspecified atom stereocenters. The van der Waals surface area contributed by atoms with E-state index in [1.165, 1.54) is 0 Å². The molecular formula is C23H24N4O4. The molecule has 4 rings (SSSR count). The average molecular weight is 420 g/mol. The fourth-order valence-corrected chi connectivity index (χ4v) is 4.12. The first kappa shape index (κ1) is 20.8. The molecule has 2 heterocycles. The SMILES string of the molecule is N#Cc1ccc(N2CC(CN3CCN(Cc4ccccc4)C(C(=O)O)C3)OC2=O)cc1.